The van der Waals surface area contributed by atoms with Gasteiger partial charge in [0.2, 0.25) is 0 Å². The number of anilines is 1. The summed E-state index contributed by atoms with van der Waals surface area (Å²) in [6.07, 6.45) is -5.45. The van der Waals surface area contributed by atoms with Crippen LogP contribution < -0.4 is 5.32 Å². The number of rotatable bonds is 4. The molecule has 1 unspecified atom stereocenters. The summed E-state index contributed by atoms with van der Waals surface area (Å²) in [4.78, 5) is 17.6. The predicted octanol–water partition coefficient (Wildman–Crippen LogP) is 7.28. The van der Waals surface area contributed by atoms with Gasteiger partial charge in [0.05, 0.1) is 5.71 Å². The number of aryl methyl sites for hydroxylation is 1. The molecular formula is C24H16Cl2F4N2O2. The van der Waals surface area contributed by atoms with Gasteiger partial charge in [-0.05, 0) is 61.0 Å². The zero-order valence-electron chi connectivity index (χ0n) is 17.5. The molecule has 1 amide bonds. The third-order valence-corrected chi connectivity index (χ3v) is 5.88. The van der Waals surface area contributed by atoms with Gasteiger partial charge in [0.1, 0.15) is 5.82 Å². The topological polar surface area (TPSA) is 50.7 Å². The van der Waals surface area contributed by atoms with E-state index in [4.69, 9.17) is 28.0 Å². The van der Waals surface area contributed by atoms with Gasteiger partial charge in [0, 0.05) is 38.8 Å². The third kappa shape index (κ3) is 4.60. The van der Waals surface area contributed by atoms with E-state index in [-0.39, 0.29) is 26.9 Å². The van der Waals surface area contributed by atoms with E-state index < -0.39 is 29.9 Å². The Morgan fingerprint density at radius 2 is 1.68 bits per heavy atom. The van der Waals surface area contributed by atoms with Gasteiger partial charge in [-0.25, -0.2) is 4.39 Å². The normalized spacial score (nSPS) is 17.8. The summed E-state index contributed by atoms with van der Waals surface area (Å²) in [6, 6.07) is 13.3. The number of hydrogen-bond acceptors (Lipinski definition) is 3. The Bertz CT molecular complexity index is 1270. The lowest BCUT2D eigenvalue weighted by atomic mass is 9.86. The summed E-state index contributed by atoms with van der Waals surface area (Å²) in [5.74, 6) is -0.980. The Balaban J connectivity index is 1.64. The van der Waals surface area contributed by atoms with Crippen molar-refractivity contribution in [1.29, 1.82) is 0 Å². The highest BCUT2D eigenvalue weighted by atomic mass is 35.5. The van der Waals surface area contributed by atoms with Crippen LogP contribution in [0, 0.1) is 12.7 Å². The molecule has 1 heterocycles. The van der Waals surface area contributed by atoms with Gasteiger partial charge in [0.25, 0.3) is 11.5 Å². The SMILES string of the molecule is Cc1ccc(C2=NOC(c3cc(Cl)cc(Cl)c3)(C(F)(F)F)C2)cc1NC(=O)c1ccc(F)cc1. The van der Waals surface area contributed by atoms with Crippen molar-refractivity contribution in [3.8, 4) is 0 Å². The zero-order valence-corrected chi connectivity index (χ0v) is 19.0. The minimum Gasteiger partial charge on any atom is -0.374 e. The molecule has 0 spiro atoms. The number of nitrogens with one attached hydrogen (secondary N) is 1. The molecule has 10 heteroatoms. The Labute approximate surface area is 202 Å². The van der Waals surface area contributed by atoms with E-state index in [0.29, 0.717) is 16.8 Å². The molecule has 0 radical (unpaired) electrons. The molecular weight excluding hydrogens is 495 g/mol. The Hall–Kier alpha value is -3.10. The van der Waals surface area contributed by atoms with Crippen molar-refractivity contribution in [2.75, 3.05) is 5.32 Å². The van der Waals surface area contributed by atoms with E-state index in [1.807, 2.05) is 0 Å². The number of nitrogens with zero attached hydrogens (tertiary/aromatic N) is 1. The van der Waals surface area contributed by atoms with E-state index in [1.165, 1.54) is 24.3 Å². The van der Waals surface area contributed by atoms with Gasteiger partial charge < -0.3 is 10.2 Å². The molecule has 0 aromatic heterocycles. The van der Waals surface area contributed by atoms with Gasteiger partial charge in [-0.3, -0.25) is 4.79 Å². The molecule has 4 nitrogen and oxygen atoms in total. The number of benzene rings is 3. The predicted molar refractivity (Wildman–Crippen MR) is 122 cm³/mol. The van der Waals surface area contributed by atoms with E-state index in [2.05, 4.69) is 10.5 Å². The molecule has 176 valence electrons. The molecule has 1 aliphatic rings. The van der Waals surface area contributed by atoms with Gasteiger partial charge >= 0.3 is 6.18 Å². The van der Waals surface area contributed by atoms with Crippen molar-refractivity contribution in [3.63, 3.8) is 0 Å². The number of carbonyl (C=O) groups excluding carboxylic acids is 1. The zero-order chi connectivity index (χ0) is 24.7. The van der Waals surface area contributed by atoms with Crippen molar-refractivity contribution < 1.29 is 27.2 Å². The molecule has 1 aliphatic heterocycles. The highest BCUT2D eigenvalue weighted by molar-refractivity contribution is 6.34. The summed E-state index contributed by atoms with van der Waals surface area (Å²) in [5.41, 5.74) is -1.41. The second-order valence-electron chi connectivity index (χ2n) is 7.78. The largest absolute Gasteiger partial charge is 0.435 e. The highest BCUT2D eigenvalue weighted by Gasteiger charge is 2.62. The van der Waals surface area contributed by atoms with Crippen LogP contribution in [-0.4, -0.2) is 17.8 Å². The Morgan fingerprint density at radius 1 is 1.03 bits per heavy atom. The summed E-state index contributed by atoms with van der Waals surface area (Å²) >= 11 is 11.9. The molecule has 34 heavy (non-hydrogen) atoms. The number of halogens is 6. The molecule has 3 aromatic carbocycles. The smallest absolute Gasteiger partial charge is 0.374 e. The number of amides is 1. The molecule has 0 bridgehead atoms. The first-order valence-corrected chi connectivity index (χ1v) is 10.7. The third-order valence-electron chi connectivity index (χ3n) is 5.44. The first kappa shape index (κ1) is 24.0. The molecule has 1 atom stereocenters. The summed E-state index contributed by atoms with van der Waals surface area (Å²) < 4.78 is 55.8. The summed E-state index contributed by atoms with van der Waals surface area (Å²) in [5, 5.41) is 6.49. The Kier molecular flexibility index (Phi) is 6.31. The van der Waals surface area contributed by atoms with Crippen LogP contribution >= 0.6 is 23.2 Å². The minimum absolute atomic E-state index is 0.0318. The highest BCUT2D eigenvalue weighted by Crippen LogP contribution is 2.49. The van der Waals surface area contributed by atoms with Crippen LogP contribution in [0.3, 0.4) is 0 Å². The maximum Gasteiger partial charge on any atom is 0.435 e. The van der Waals surface area contributed by atoms with E-state index in [0.717, 1.165) is 24.3 Å². The molecule has 0 saturated carbocycles. The maximum absolute atomic E-state index is 14.2. The summed E-state index contributed by atoms with van der Waals surface area (Å²) in [7, 11) is 0. The van der Waals surface area contributed by atoms with Crippen LogP contribution in [0.5, 0.6) is 0 Å². The van der Waals surface area contributed by atoms with Gasteiger partial charge in [0.15, 0.2) is 0 Å². The van der Waals surface area contributed by atoms with E-state index in [1.54, 1.807) is 19.1 Å². The van der Waals surface area contributed by atoms with Crippen LogP contribution in [0.1, 0.15) is 33.5 Å². The lowest BCUT2D eigenvalue weighted by molar-refractivity contribution is -0.275. The van der Waals surface area contributed by atoms with Crippen molar-refractivity contribution in [3.05, 3.63) is 98.8 Å². The molecule has 1 N–H and O–H groups in total. The van der Waals surface area contributed by atoms with E-state index in [9.17, 15) is 22.4 Å². The quantitative estimate of drug-likeness (QED) is 0.375. The number of carbonyl (C=O) groups is 1. The fourth-order valence-electron chi connectivity index (χ4n) is 3.58. The van der Waals surface area contributed by atoms with Gasteiger partial charge in [-0.15, -0.1) is 0 Å². The minimum atomic E-state index is -4.82. The van der Waals surface area contributed by atoms with Crippen molar-refractivity contribution in [2.24, 2.45) is 5.16 Å². The van der Waals surface area contributed by atoms with Gasteiger partial charge in [-0.1, -0.05) is 40.5 Å². The van der Waals surface area contributed by atoms with E-state index >= 15 is 0 Å². The second-order valence-corrected chi connectivity index (χ2v) is 8.65. The van der Waals surface area contributed by atoms with Crippen LogP contribution in [0.4, 0.5) is 23.2 Å². The number of oxime groups is 1. The van der Waals surface area contributed by atoms with Gasteiger partial charge in [-0.2, -0.15) is 13.2 Å². The maximum atomic E-state index is 14.2. The number of alkyl halides is 3. The molecule has 3 aromatic rings. The molecule has 0 fully saturated rings. The lowest BCUT2D eigenvalue weighted by Gasteiger charge is -2.29. The van der Waals surface area contributed by atoms with Crippen molar-refractivity contribution in [2.45, 2.75) is 25.1 Å². The monoisotopic (exact) mass is 510 g/mol. The molecule has 4 rings (SSSR count). The van der Waals surface area contributed by atoms with Crippen LogP contribution in [-0.2, 0) is 10.4 Å². The fraction of sp³-hybridized carbons (Fsp3) is 0.167. The van der Waals surface area contributed by atoms with Crippen LogP contribution in [0.2, 0.25) is 10.0 Å². The van der Waals surface area contributed by atoms with Crippen LogP contribution in [0.15, 0.2) is 65.8 Å². The van der Waals surface area contributed by atoms with Crippen molar-refractivity contribution in [1.82, 2.24) is 0 Å². The molecule has 0 aliphatic carbocycles. The lowest BCUT2D eigenvalue weighted by Crippen LogP contribution is -2.42. The fourth-order valence-corrected chi connectivity index (χ4v) is 4.10. The number of hydrogen-bond donors (Lipinski definition) is 1. The first-order valence-electron chi connectivity index (χ1n) is 9.95. The van der Waals surface area contributed by atoms with Crippen LogP contribution in [0.25, 0.3) is 0 Å². The standard InChI is InChI=1S/C24H16Cl2F4N2O2/c1-13-2-3-15(8-20(13)31-22(33)14-4-6-19(27)7-5-14)21-12-23(34-32-21,24(28,29)30)16-9-17(25)11-18(26)10-16/h2-11H,12H2,1H3,(H,31,33). The average molecular weight is 511 g/mol. The first-order chi connectivity index (χ1) is 16.0. The second kappa shape index (κ2) is 8.92. The summed E-state index contributed by atoms with van der Waals surface area (Å²) in [6.45, 7) is 1.73. The molecule has 0 saturated heterocycles. The van der Waals surface area contributed by atoms with Crippen molar-refractivity contribution >= 4 is 40.5 Å². The average Bonchev–Trinajstić information content (AvgIpc) is 3.22. The Morgan fingerprint density at radius 3 is 2.29 bits per heavy atom.